The maximum atomic E-state index is 12.3. The van der Waals surface area contributed by atoms with Gasteiger partial charge >= 0.3 is 5.97 Å². The summed E-state index contributed by atoms with van der Waals surface area (Å²) in [6.45, 7) is 1.86. The van der Waals surface area contributed by atoms with Gasteiger partial charge in [0.15, 0.2) is 6.10 Å². The molecule has 2 aromatic carbocycles. The van der Waals surface area contributed by atoms with Gasteiger partial charge in [-0.05, 0) is 48.9 Å². The zero-order chi connectivity index (χ0) is 17.5. The van der Waals surface area contributed by atoms with Crippen molar-refractivity contribution in [1.29, 1.82) is 0 Å². The third-order valence-electron chi connectivity index (χ3n) is 3.31. The average molecular weight is 348 g/mol. The Kier molecular flexibility index (Phi) is 6.21. The molecule has 1 unspecified atom stereocenters. The number of anilines is 1. The second-order valence-electron chi connectivity index (χ2n) is 5.03. The highest BCUT2D eigenvalue weighted by molar-refractivity contribution is 6.30. The van der Waals surface area contributed by atoms with Crippen LogP contribution < -0.4 is 10.1 Å². The van der Waals surface area contributed by atoms with Gasteiger partial charge < -0.3 is 14.8 Å². The second-order valence-corrected chi connectivity index (χ2v) is 5.47. The lowest BCUT2D eigenvalue weighted by Gasteiger charge is -2.17. The van der Waals surface area contributed by atoms with E-state index in [1.807, 2.05) is 6.92 Å². The van der Waals surface area contributed by atoms with Crippen molar-refractivity contribution >= 4 is 29.2 Å². The maximum Gasteiger partial charge on any atom is 0.337 e. The van der Waals surface area contributed by atoms with Crippen LogP contribution in [0.5, 0.6) is 5.75 Å². The molecule has 0 radical (unpaired) electrons. The summed E-state index contributed by atoms with van der Waals surface area (Å²) in [5.74, 6) is -0.169. The minimum Gasteiger partial charge on any atom is -0.481 e. The first-order valence-electron chi connectivity index (χ1n) is 7.45. The Morgan fingerprint density at radius 2 is 1.88 bits per heavy atom. The highest BCUT2D eigenvalue weighted by atomic mass is 35.5. The van der Waals surface area contributed by atoms with Crippen molar-refractivity contribution in [3.05, 3.63) is 59.1 Å². The Hall–Kier alpha value is -2.53. The average Bonchev–Trinajstić information content (AvgIpc) is 2.59. The maximum absolute atomic E-state index is 12.3. The SMILES string of the molecule is CCC(Oc1cccc(Cl)c1)C(=O)Nc1ccc(C(=O)OC)cc1. The molecule has 126 valence electrons. The van der Waals surface area contributed by atoms with E-state index in [9.17, 15) is 9.59 Å². The number of methoxy groups -OCH3 is 1. The van der Waals surface area contributed by atoms with E-state index in [0.29, 0.717) is 28.4 Å². The normalized spacial score (nSPS) is 11.5. The van der Waals surface area contributed by atoms with Gasteiger partial charge in [-0.1, -0.05) is 24.6 Å². The molecule has 0 spiro atoms. The lowest BCUT2D eigenvalue weighted by atomic mass is 10.2. The van der Waals surface area contributed by atoms with Gasteiger partial charge in [-0.15, -0.1) is 0 Å². The van der Waals surface area contributed by atoms with Crippen LogP contribution in [0.25, 0.3) is 0 Å². The summed E-state index contributed by atoms with van der Waals surface area (Å²) < 4.78 is 10.3. The molecule has 0 fully saturated rings. The third-order valence-corrected chi connectivity index (χ3v) is 3.55. The number of carbonyl (C=O) groups is 2. The third kappa shape index (κ3) is 4.73. The van der Waals surface area contributed by atoms with Gasteiger partial charge in [-0.2, -0.15) is 0 Å². The molecule has 24 heavy (non-hydrogen) atoms. The molecule has 6 heteroatoms. The first-order chi connectivity index (χ1) is 11.5. The molecular formula is C18H18ClNO4. The topological polar surface area (TPSA) is 64.6 Å². The van der Waals surface area contributed by atoms with Crippen LogP contribution in [0.4, 0.5) is 5.69 Å². The molecule has 2 rings (SSSR count). The van der Waals surface area contributed by atoms with Gasteiger partial charge in [-0.25, -0.2) is 4.79 Å². The van der Waals surface area contributed by atoms with E-state index >= 15 is 0 Å². The summed E-state index contributed by atoms with van der Waals surface area (Å²) >= 11 is 5.91. The standard InChI is InChI=1S/C18H18ClNO4/c1-3-16(24-15-6-4-5-13(19)11-15)17(21)20-14-9-7-12(8-10-14)18(22)23-2/h4-11,16H,3H2,1-2H3,(H,20,21). The lowest BCUT2D eigenvalue weighted by Crippen LogP contribution is -2.32. The van der Waals surface area contributed by atoms with E-state index in [-0.39, 0.29) is 5.91 Å². The van der Waals surface area contributed by atoms with Gasteiger partial charge in [0.2, 0.25) is 0 Å². The number of hydrogen-bond donors (Lipinski definition) is 1. The van der Waals surface area contributed by atoms with Crippen LogP contribution in [-0.2, 0) is 9.53 Å². The highest BCUT2D eigenvalue weighted by Crippen LogP contribution is 2.20. The van der Waals surface area contributed by atoms with Crippen molar-refractivity contribution in [3.63, 3.8) is 0 Å². The molecule has 5 nitrogen and oxygen atoms in total. The molecular weight excluding hydrogens is 330 g/mol. The van der Waals surface area contributed by atoms with Gasteiger partial charge in [-0.3, -0.25) is 4.79 Å². The second kappa shape index (κ2) is 8.36. The quantitative estimate of drug-likeness (QED) is 0.804. The molecule has 0 bridgehead atoms. The predicted octanol–water partition coefficient (Wildman–Crippen LogP) is 3.92. The summed E-state index contributed by atoms with van der Waals surface area (Å²) in [5, 5.41) is 3.31. The van der Waals surface area contributed by atoms with Crippen LogP contribution in [0, 0.1) is 0 Å². The first-order valence-corrected chi connectivity index (χ1v) is 7.82. The number of hydrogen-bond acceptors (Lipinski definition) is 4. The molecule has 2 aromatic rings. The largest absolute Gasteiger partial charge is 0.481 e. The van der Waals surface area contributed by atoms with Gasteiger partial charge in [0.25, 0.3) is 5.91 Å². The van der Waals surface area contributed by atoms with Crippen molar-refractivity contribution in [2.24, 2.45) is 0 Å². The van der Waals surface area contributed by atoms with Crippen LogP contribution in [0.15, 0.2) is 48.5 Å². The number of nitrogens with one attached hydrogen (secondary N) is 1. The van der Waals surface area contributed by atoms with E-state index in [4.69, 9.17) is 16.3 Å². The summed E-state index contributed by atoms with van der Waals surface area (Å²) in [5.41, 5.74) is 0.985. The molecule has 0 aliphatic heterocycles. The van der Waals surface area contributed by atoms with Crippen LogP contribution >= 0.6 is 11.6 Å². The molecule has 0 heterocycles. The Morgan fingerprint density at radius 1 is 1.17 bits per heavy atom. The van der Waals surface area contributed by atoms with Crippen LogP contribution in [-0.4, -0.2) is 25.1 Å². The fourth-order valence-electron chi connectivity index (χ4n) is 2.06. The van der Waals surface area contributed by atoms with Gasteiger partial charge in [0.1, 0.15) is 5.75 Å². The van der Waals surface area contributed by atoms with E-state index in [1.165, 1.54) is 7.11 Å². The molecule has 1 N–H and O–H groups in total. The minimum absolute atomic E-state index is 0.275. The van der Waals surface area contributed by atoms with Gasteiger partial charge in [0.05, 0.1) is 12.7 Å². The summed E-state index contributed by atoms with van der Waals surface area (Å²) in [6, 6.07) is 13.3. The number of carbonyl (C=O) groups excluding carboxylic acids is 2. The Bertz CT molecular complexity index is 715. The lowest BCUT2D eigenvalue weighted by molar-refractivity contribution is -0.122. The van der Waals surface area contributed by atoms with E-state index in [0.717, 1.165) is 0 Å². The van der Waals surface area contributed by atoms with Gasteiger partial charge in [0, 0.05) is 10.7 Å². The monoisotopic (exact) mass is 347 g/mol. The summed E-state index contributed by atoms with van der Waals surface area (Å²) in [4.78, 5) is 23.7. The molecule has 1 amide bonds. The molecule has 0 aromatic heterocycles. The van der Waals surface area contributed by atoms with E-state index in [1.54, 1.807) is 48.5 Å². The number of esters is 1. The molecule has 0 aliphatic carbocycles. The Labute approximate surface area is 145 Å². The number of halogens is 1. The van der Waals surface area contributed by atoms with Crippen molar-refractivity contribution < 1.29 is 19.1 Å². The van der Waals surface area contributed by atoms with Crippen molar-refractivity contribution in [1.82, 2.24) is 0 Å². The minimum atomic E-state index is -0.649. The molecule has 0 saturated carbocycles. The highest BCUT2D eigenvalue weighted by Gasteiger charge is 2.19. The molecule has 0 saturated heterocycles. The zero-order valence-corrected chi connectivity index (χ0v) is 14.2. The fourth-order valence-corrected chi connectivity index (χ4v) is 2.24. The summed E-state index contributed by atoms with van der Waals surface area (Å²) in [6.07, 6.45) is -0.151. The van der Waals surface area contributed by atoms with Crippen molar-refractivity contribution in [3.8, 4) is 5.75 Å². The number of ether oxygens (including phenoxy) is 2. The summed E-state index contributed by atoms with van der Waals surface area (Å²) in [7, 11) is 1.32. The molecule has 0 aliphatic rings. The van der Waals surface area contributed by atoms with Crippen molar-refractivity contribution in [2.45, 2.75) is 19.4 Å². The number of rotatable bonds is 6. The van der Waals surface area contributed by atoms with Crippen LogP contribution in [0.1, 0.15) is 23.7 Å². The van der Waals surface area contributed by atoms with Crippen molar-refractivity contribution in [2.75, 3.05) is 12.4 Å². The predicted molar refractivity (Wildman–Crippen MR) is 92.6 cm³/mol. The van der Waals surface area contributed by atoms with Crippen LogP contribution in [0.2, 0.25) is 5.02 Å². The number of amides is 1. The number of benzene rings is 2. The van der Waals surface area contributed by atoms with E-state index in [2.05, 4.69) is 10.1 Å². The first kappa shape index (κ1) is 17.8. The smallest absolute Gasteiger partial charge is 0.337 e. The Morgan fingerprint density at radius 3 is 2.46 bits per heavy atom. The molecule has 1 atom stereocenters. The van der Waals surface area contributed by atoms with Crippen LogP contribution in [0.3, 0.4) is 0 Å². The zero-order valence-electron chi connectivity index (χ0n) is 13.4. The Balaban J connectivity index is 2.02. The van der Waals surface area contributed by atoms with E-state index < -0.39 is 12.1 Å². The fraction of sp³-hybridized carbons (Fsp3) is 0.222.